The van der Waals surface area contributed by atoms with E-state index in [-0.39, 0.29) is 11.8 Å². The fourth-order valence-electron chi connectivity index (χ4n) is 2.73. The van der Waals surface area contributed by atoms with Crippen LogP contribution in [0.15, 0.2) is 30.3 Å². The highest BCUT2D eigenvalue weighted by molar-refractivity contribution is 7.99. The quantitative estimate of drug-likeness (QED) is 0.733. The number of benzene rings is 1. The molecule has 1 N–H and O–H groups in total. The number of carbonyl (C=O) groups is 2. The molecule has 1 unspecified atom stereocenters. The van der Waals surface area contributed by atoms with Crippen LogP contribution >= 0.6 is 23.1 Å². The van der Waals surface area contributed by atoms with Crippen LogP contribution in [0.1, 0.15) is 41.6 Å². The molecule has 26 heavy (non-hydrogen) atoms. The number of hydrogen-bond donors (Lipinski definition) is 1. The minimum Gasteiger partial charge on any atom is -0.316 e. The van der Waals surface area contributed by atoms with Crippen LogP contribution < -0.4 is 5.32 Å². The first-order valence-electron chi connectivity index (χ1n) is 8.76. The van der Waals surface area contributed by atoms with E-state index in [1.54, 1.807) is 28.8 Å². The molecule has 8 heteroatoms. The summed E-state index contributed by atoms with van der Waals surface area (Å²) in [5.74, 6) is 0.792. The highest BCUT2D eigenvalue weighted by atomic mass is 32.2. The van der Waals surface area contributed by atoms with Gasteiger partial charge in [0, 0.05) is 17.7 Å². The molecule has 1 aliphatic heterocycles. The second-order valence-corrected chi connectivity index (χ2v) is 8.17. The van der Waals surface area contributed by atoms with Crippen LogP contribution in [-0.4, -0.2) is 44.6 Å². The van der Waals surface area contributed by atoms with Crippen LogP contribution in [0.5, 0.6) is 0 Å². The average Bonchev–Trinajstić information content (AvgIpc) is 3.31. The van der Waals surface area contributed by atoms with Gasteiger partial charge in [-0.2, -0.15) is 0 Å². The highest BCUT2D eigenvalue weighted by Gasteiger charge is 2.35. The number of anilines is 1. The number of nitrogens with one attached hydrogen (secondary N) is 1. The summed E-state index contributed by atoms with van der Waals surface area (Å²) < 4.78 is 0. The number of hydrogen-bond acceptors (Lipinski definition) is 6. The zero-order valence-corrected chi connectivity index (χ0v) is 16.3. The van der Waals surface area contributed by atoms with Crippen molar-refractivity contribution in [3.8, 4) is 0 Å². The van der Waals surface area contributed by atoms with Crippen molar-refractivity contribution in [3.05, 3.63) is 40.9 Å². The molecule has 0 radical (unpaired) electrons. The van der Waals surface area contributed by atoms with Crippen molar-refractivity contribution < 1.29 is 9.59 Å². The number of nitrogens with zero attached hydrogens (tertiary/aromatic N) is 3. The summed E-state index contributed by atoms with van der Waals surface area (Å²) in [7, 11) is 0. The van der Waals surface area contributed by atoms with Gasteiger partial charge in [-0.05, 0) is 18.6 Å². The first kappa shape index (κ1) is 18.8. The van der Waals surface area contributed by atoms with Crippen LogP contribution in [0.25, 0.3) is 0 Å². The van der Waals surface area contributed by atoms with Gasteiger partial charge in [-0.15, -0.1) is 22.0 Å². The van der Waals surface area contributed by atoms with E-state index >= 15 is 0 Å². The normalized spacial score (nSPS) is 16.7. The first-order valence-corrected chi connectivity index (χ1v) is 10.7. The Balaban J connectivity index is 1.61. The van der Waals surface area contributed by atoms with Crippen molar-refractivity contribution in [3.63, 3.8) is 0 Å². The third-order valence-electron chi connectivity index (χ3n) is 4.16. The Morgan fingerprint density at radius 1 is 1.23 bits per heavy atom. The standard InChI is InChI=1S/C18H22N4O2S2/c1-2-3-5-10-15-20-21-18(26-15)19-16(23)14-11-25-12-22(14)17(24)13-8-6-4-7-9-13/h4,6-9,14H,2-3,5,10-12H2,1H3,(H,19,21,23). The van der Waals surface area contributed by atoms with E-state index in [1.807, 2.05) is 18.2 Å². The molecule has 1 aromatic heterocycles. The molecule has 0 bridgehead atoms. The minimum atomic E-state index is -0.486. The number of unbranched alkanes of at least 4 members (excludes halogenated alkanes) is 2. The van der Waals surface area contributed by atoms with Gasteiger partial charge < -0.3 is 4.90 Å². The van der Waals surface area contributed by atoms with Gasteiger partial charge in [-0.25, -0.2) is 0 Å². The molecule has 0 aliphatic carbocycles. The Hall–Kier alpha value is -1.93. The number of carbonyl (C=O) groups excluding carboxylic acids is 2. The van der Waals surface area contributed by atoms with Crippen molar-refractivity contribution in [1.82, 2.24) is 15.1 Å². The Kier molecular flexibility index (Phi) is 6.62. The summed E-state index contributed by atoms with van der Waals surface area (Å²) in [5.41, 5.74) is 0.599. The van der Waals surface area contributed by atoms with E-state index in [4.69, 9.17) is 0 Å². The monoisotopic (exact) mass is 390 g/mol. The Morgan fingerprint density at radius 3 is 2.81 bits per heavy atom. The lowest BCUT2D eigenvalue weighted by Gasteiger charge is -2.22. The van der Waals surface area contributed by atoms with Crippen LogP contribution in [-0.2, 0) is 11.2 Å². The number of rotatable bonds is 7. The molecule has 1 saturated heterocycles. The van der Waals surface area contributed by atoms with Gasteiger partial charge in [0.05, 0.1) is 5.88 Å². The van der Waals surface area contributed by atoms with Crippen molar-refractivity contribution in [2.24, 2.45) is 0 Å². The van der Waals surface area contributed by atoms with E-state index in [1.165, 1.54) is 11.3 Å². The van der Waals surface area contributed by atoms with Crippen LogP contribution in [0.2, 0.25) is 0 Å². The van der Waals surface area contributed by atoms with Crippen molar-refractivity contribution >= 4 is 40.0 Å². The Labute approximate surface area is 161 Å². The minimum absolute atomic E-state index is 0.117. The SMILES string of the molecule is CCCCCc1nnc(NC(=O)C2CSCN2C(=O)c2ccccc2)s1. The maximum atomic E-state index is 12.7. The van der Waals surface area contributed by atoms with Crippen molar-refractivity contribution in [2.75, 3.05) is 16.9 Å². The van der Waals surface area contributed by atoms with Gasteiger partial charge in [-0.3, -0.25) is 14.9 Å². The molecule has 2 amide bonds. The third kappa shape index (κ3) is 4.62. The average molecular weight is 391 g/mol. The summed E-state index contributed by atoms with van der Waals surface area (Å²) in [4.78, 5) is 26.9. The van der Waals surface area contributed by atoms with Crippen LogP contribution in [0.3, 0.4) is 0 Å². The van der Waals surface area contributed by atoms with Gasteiger partial charge in [0.2, 0.25) is 11.0 Å². The first-order chi connectivity index (χ1) is 12.7. The van der Waals surface area contributed by atoms with Gasteiger partial charge in [0.25, 0.3) is 5.91 Å². The van der Waals surface area contributed by atoms with Crippen molar-refractivity contribution in [2.45, 2.75) is 38.6 Å². The number of thioether (sulfide) groups is 1. The Bertz CT molecular complexity index is 751. The van der Waals surface area contributed by atoms with E-state index < -0.39 is 6.04 Å². The second-order valence-electron chi connectivity index (χ2n) is 6.10. The number of amides is 2. The number of aryl methyl sites for hydroxylation is 1. The molecule has 0 saturated carbocycles. The predicted molar refractivity (Wildman–Crippen MR) is 105 cm³/mol. The molecule has 2 aromatic rings. The third-order valence-corrected chi connectivity index (χ3v) is 6.07. The lowest BCUT2D eigenvalue weighted by Crippen LogP contribution is -2.44. The number of aromatic nitrogens is 2. The van der Waals surface area contributed by atoms with Crippen LogP contribution in [0.4, 0.5) is 5.13 Å². The second kappa shape index (κ2) is 9.14. The molecule has 6 nitrogen and oxygen atoms in total. The fraction of sp³-hybridized carbons (Fsp3) is 0.444. The maximum absolute atomic E-state index is 12.7. The van der Waals surface area contributed by atoms with Gasteiger partial charge in [-0.1, -0.05) is 49.3 Å². The Morgan fingerprint density at radius 2 is 2.04 bits per heavy atom. The smallest absolute Gasteiger partial charge is 0.255 e. The topological polar surface area (TPSA) is 75.2 Å². The largest absolute Gasteiger partial charge is 0.316 e. The van der Waals surface area contributed by atoms with Crippen molar-refractivity contribution in [1.29, 1.82) is 0 Å². The molecule has 1 atom stereocenters. The summed E-state index contributed by atoms with van der Waals surface area (Å²) in [5, 5.41) is 12.5. The molecular formula is C18H22N4O2S2. The summed E-state index contributed by atoms with van der Waals surface area (Å²) in [6.07, 6.45) is 4.29. The maximum Gasteiger partial charge on any atom is 0.255 e. The fourth-order valence-corrected chi connectivity index (χ4v) is 4.67. The molecule has 1 aromatic carbocycles. The molecular weight excluding hydrogens is 368 g/mol. The van der Waals surface area contributed by atoms with E-state index in [9.17, 15) is 9.59 Å². The lowest BCUT2D eigenvalue weighted by molar-refractivity contribution is -0.119. The van der Waals surface area contributed by atoms with E-state index in [2.05, 4.69) is 22.4 Å². The summed E-state index contributed by atoms with van der Waals surface area (Å²) in [6.45, 7) is 2.16. The zero-order valence-electron chi connectivity index (χ0n) is 14.7. The van der Waals surface area contributed by atoms with Crippen LogP contribution in [0, 0.1) is 0 Å². The predicted octanol–water partition coefficient (Wildman–Crippen LogP) is 3.42. The van der Waals surface area contributed by atoms with E-state index in [0.717, 1.165) is 30.7 Å². The van der Waals surface area contributed by atoms with Gasteiger partial charge in [0.1, 0.15) is 11.0 Å². The highest BCUT2D eigenvalue weighted by Crippen LogP contribution is 2.25. The lowest BCUT2D eigenvalue weighted by atomic mass is 10.1. The molecule has 0 spiro atoms. The molecule has 138 valence electrons. The molecule has 1 aliphatic rings. The van der Waals surface area contributed by atoms with E-state index in [0.29, 0.717) is 22.3 Å². The molecule has 2 heterocycles. The van der Waals surface area contributed by atoms with Gasteiger partial charge in [0.15, 0.2) is 0 Å². The molecule has 1 fully saturated rings. The molecule has 3 rings (SSSR count). The summed E-state index contributed by atoms with van der Waals surface area (Å²) in [6, 6.07) is 8.58. The zero-order chi connectivity index (χ0) is 18.4. The van der Waals surface area contributed by atoms with Gasteiger partial charge >= 0.3 is 0 Å². The summed E-state index contributed by atoms with van der Waals surface area (Å²) >= 11 is 2.99.